The van der Waals surface area contributed by atoms with Crippen LogP contribution in [0.15, 0.2) is 17.3 Å². The summed E-state index contributed by atoms with van der Waals surface area (Å²) in [6, 6.07) is 0. The molecule has 1 aliphatic rings. The fraction of sp³-hybridized carbons (Fsp3) is 0.455. The number of rotatable bonds is 3. The molecule has 0 aliphatic carbocycles. The summed E-state index contributed by atoms with van der Waals surface area (Å²) >= 11 is 0. The molecule has 21 heavy (non-hydrogen) atoms. The van der Waals surface area contributed by atoms with E-state index in [4.69, 9.17) is 15.6 Å². The monoisotopic (exact) mass is 307 g/mol. The Balaban J connectivity index is 2.51. The van der Waals surface area contributed by atoms with Crippen molar-refractivity contribution in [1.82, 2.24) is 9.55 Å². The highest BCUT2D eigenvalue weighted by Gasteiger charge is 2.59. The molecule has 7 nitrogen and oxygen atoms in total. The maximum Gasteiger partial charge on any atom is 0.351 e. The molecule has 1 fully saturated rings. The molecular formula is C11H12F3N3O4. The normalized spacial score (nSPS) is 28.3. The van der Waals surface area contributed by atoms with E-state index in [0.717, 1.165) is 12.3 Å². The van der Waals surface area contributed by atoms with Gasteiger partial charge in [0.25, 0.3) is 0 Å². The Hall–Kier alpha value is -1.91. The molecule has 4 N–H and O–H groups in total. The topological polar surface area (TPSA) is 111 Å². The number of aliphatic hydroxyl groups excluding tert-OH is 2. The van der Waals surface area contributed by atoms with E-state index in [1.54, 1.807) is 0 Å². The van der Waals surface area contributed by atoms with Gasteiger partial charge in [0.15, 0.2) is 6.10 Å². The third-order valence-corrected chi connectivity index (χ3v) is 3.07. The van der Waals surface area contributed by atoms with Crippen LogP contribution in [0.5, 0.6) is 0 Å². The molecule has 0 radical (unpaired) electrons. The van der Waals surface area contributed by atoms with Crippen molar-refractivity contribution in [2.45, 2.75) is 24.4 Å². The van der Waals surface area contributed by atoms with Crippen LogP contribution < -0.4 is 11.4 Å². The molecule has 10 heteroatoms. The second-order valence-corrected chi connectivity index (χ2v) is 4.39. The number of nitrogens with two attached hydrogens (primary N) is 1. The smallest absolute Gasteiger partial charge is 0.351 e. The molecule has 1 aromatic heterocycles. The van der Waals surface area contributed by atoms with Crippen LogP contribution in [0.25, 0.3) is 6.08 Å². The number of hydrogen-bond donors (Lipinski definition) is 3. The molecule has 3 atom stereocenters. The van der Waals surface area contributed by atoms with Crippen molar-refractivity contribution < 1.29 is 28.1 Å². The number of hydrogen-bond acceptors (Lipinski definition) is 6. The Bertz CT molecular complexity index is 619. The predicted octanol–water partition coefficient (Wildman–Crippen LogP) is -0.348. The summed E-state index contributed by atoms with van der Waals surface area (Å²) in [5, 5.41) is 18.3. The molecule has 3 unspecified atom stereocenters. The van der Waals surface area contributed by atoms with Crippen LogP contribution >= 0.6 is 0 Å². The van der Waals surface area contributed by atoms with E-state index in [1.165, 1.54) is 0 Å². The highest BCUT2D eigenvalue weighted by Crippen LogP contribution is 2.42. The van der Waals surface area contributed by atoms with Gasteiger partial charge in [-0.1, -0.05) is 0 Å². The van der Waals surface area contributed by atoms with Gasteiger partial charge in [0.2, 0.25) is 6.23 Å². The summed E-state index contributed by atoms with van der Waals surface area (Å²) in [4.78, 5) is 15.0. The number of aromatic nitrogens is 2. The van der Waals surface area contributed by atoms with Gasteiger partial charge >= 0.3 is 11.6 Å². The maximum absolute atomic E-state index is 13.9. The summed E-state index contributed by atoms with van der Waals surface area (Å²) in [6.07, 6.45) is -4.28. The van der Waals surface area contributed by atoms with Gasteiger partial charge in [-0.3, -0.25) is 4.57 Å². The molecule has 1 saturated heterocycles. The van der Waals surface area contributed by atoms with E-state index in [-0.39, 0.29) is 17.7 Å². The van der Waals surface area contributed by atoms with Crippen LogP contribution in [-0.2, 0) is 4.74 Å². The van der Waals surface area contributed by atoms with E-state index in [9.17, 15) is 23.1 Å². The van der Waals surface area contributed by atoms with Crippen molar-refractivity contribution in [1.29, 1.82) is 0 Å². The van der Waals surface area contributed by atoms with Crippen LogP contribution in [0.1, 0.15) is 11.8 Å². The zero-order valence-corrected chi connectivity index (χ0v) is 10.5. The molecular weight excluding hydrogens is 295 g/mol. The number of halogens is 3. The zero-order valence-electron chi connectivity index (χ0n) is 10.5. The van der Waals surface area contributed by atoms with Gasteiger partial charge in [0.1, 0.15) is 11.9 Å². The van der Waals surface area contributed by atoms with Crippen LogP contribution in [0.3, 0.4) is 0 Å². The molecule has 0 aromatic carbocycles. The third-order valence-electron chi connectivity index (χ3n) is 3.07. The van der Waals surface area contributed by atoms with Gasteiger partial charge in [0, 0.05) is 11.8 Å². The minimum absolute atomic E-state index is 0.0984. The first kappa shape index (κ1) is 15.5. The summed E-state index contributed by atoms with van der Waals surface area (Å²) < 4.78 is 45.2. The van der Waals surface area contributed by atoms with Crippen LogP contribution in [-0.4, -0.2) is 44.5 Å². The molecule has 0 spiro atoms. The molecule has 0 bridgehead atoms. The Morgan fingerprint density at radius 3 is 2.76 bits per heavy atom. The van der Waals surface area contributed by atoms with Gasteiger partial charge in [-0.15, -0.1) is 0 Å². The van der Waals surface area contributed by atoms with E-state index < -0.39 is 36.7 Å². The van der Waals surface area contributed by atoms with Crippen molar-refractivity contribution in [3.8, 4) is 0 Å². The number of nitrogens with zero attached hydrogens (tertiary/aromatic N) is 2. The van der Waals surface area contributed by atoms with Gasteiger partial charge in [-0.2, -0.15) is 13.8 Å². The number of ether oxygens (including phenoxy) is 1. The number of anilines is 1. The van der Waals surface area contributed by atoms with Gasteiger partial charge in [-0.25, -0.2) is 9.18 Å². The van der Waals surface area contributed by atoms with Crippen molar-refractivity contribution in [2.24, 2.45) is 0 Å². The van der Waals surface area contributed by atoms with Crippen molar-refractivity contribution in [3.63, 3.8) is 0 Å². The lowest BCUT2D eigenvalue weighted by Crippen LogP contribution is -2.42. The van der Waals surface area contributed by atoms with Crippen LogP contribution in [0, 0.1) is 0 Å². The lowest BCUT2D eigenvalue weighted by molar-refractivity contribution is -0.141. The van der Waals surface area contributed by atoms with Crippen molar-refractivity contribution in [3.05, 3.63) is 28.6 Å². The summed E-state index contributed by atoms with van der Waals surface area (Å²) in [7, 11) is 0. The fourth-order valence-corrected chi connectivity index (χ4v) is 1.98. The lowest BCUT2D eigenvalue weighted by atomic mass is 10.1. The maximum atomic E-state index is 13.9. The SMILES string of the molecule is Nc1nc(=O)n(C2OC(CO)C(O)C2(F)F)cc1/C=C/F. The largest absolute Gasteiger partial charge is 0.394 e. The third kappa shape index (κ3) is 2.52. The minimum Gasteiger partial charge on any atom is -0.394 e. The van der Waals surface area contributed by atoms with E-state index in [1.807, 2.05) is 0 Å². The Kier molecular flexibility index (Phi) is 4.03. The molecule has 0 saturated carbocycles. The first-order valence-electron chi connectivity index (χ1n) is 5.80. The van der Waals surface area contributed by atoms with Crippen molar-refractivity contribution >= 4 is 11.9 Å². The number of alkyl halides is 2. The zero-order chi connectivity index (χ0) is 15.8. The first-order chi connectivity index (χ1) is 9.82. The molecule has 2 heterocycles. The van der Waals surface area contributed by atoms with E-state index in [0.29, 0.717) is 4.57 Å². The molecule has 0 amide bonds. The Labute approximate surface area is 116 Å². The molecule has 1 aliphatic heterocycles. The summed E-state index contributed by atoms with van der Waals surface area (Å²) in [6.45, 7) is -0.859. The van der Waals surface area contributed by atoms with Gasteiger partial charge in [0.05, 0.1) is 12.9 Å². The highest BCUT2D eigenvalue weighted by atomic mass is 19.3. The standard InChI is InChI=1S/C11H12F3N3O4/c12-2-1-5-3-17(10(20)16-8(5)15)9-11(13,14)7(19)6(4-18)21-9/h1-3,6-7,9,18-19H,4H2,(H2,15,16,20)/b2-1+. The predicted molar refractivity (Wildman–Crippen MR) is 65.0 cm³/mol. The number of aliphatic hydroxyl groups is 2. The molecule has 116 valence electrons. The van der Waals surface area contributed by atoms with Crippen molar-refractivity contribution in [2.75, 3.05) is 12.3 Å². The average Bonchev–Trinajstić information content (AvgIpc) is 2.65. The summed E-state index contributed by atoms with van der Waals surface area (Å²) in [5.74, 6) is -4.18. The van der Waals surface area contributed by atoms with E-state index in [2.05, 4.69) is 4.98 Å². The van der Waals surface area contributed by atoms with Gasteiger partial charge < -0.3 is 20.7 Å². The minimum atomic E-state index is -3.84. The van der Waals surface area contributed by atoms with Crippen LogP contribution in [0.4, 0.5) is 19.0 Å². The van der Waals surface area contributed by atoms with Gasteiger partial charge in [-0.05, 0) is 6.08 Å². The second kappa shape index (κ2) is 5.47. The molecule has 2 rings (SSSR count). The Morgan fingerprint density at radius 2 is 2.24 bits per heavy atom. The molecule has 1 aromatic rings. The van der Waals surface area contributed by atoms with E-state index >= 15 is 0 Å². The highest BCUT2D eigenvalue weighted by molar-refractivity contribution is 5.58. The number of nitrogen functional groups attached to an aromatic ring is 1. The fourth-order valence-electron chi connectivity index (χ4n) is 1.98. The quantitative estimate of drug-likeness (QED) is 0.704. The summed E-state index contributed by atoms with van der Waals surface area (Å²) in [5.41, 5.74) is 4.10. The first-order valence-corrected chi connectivity index (χ1v) is 5.80. The lowest BCUT2D eigenvalue weighted by Gasteiger charge is -2.21. The average molecular weight is 307 g/mol. The second-order valence-electron chi connectivity index (χ2n) is 4.39. The van der Waals surface area contributed by atoms with Crippen LogP contribution in [0.2, 0.25) is 0 Å². The Morgan fingerprint density at radius 1 is 1.57 bits per heavy atom.